The summed E-state index contributed by atoms with van der Waals surface area (Å²) in [6.07, 6.45) is 0.222. The second-order valence-electron chi connectivity index (χ2n) is 14.7. The third-order valence-corrected chi connectivity index (χ3v) is 10.5. The van der Waals surface area contributed by atoms with Crippen LogP contribution in [-0.2, 0) is 19.5 Å². The maximum Gasteiger partial charge on any atom is 0.358 e. The molecule has 0 atom stereocenters. The minimum absolute atomic E-state index is 0.110. The van der Waals surface area contributed by atoms with Crippen LogP contribution >= 0.6 is 0 Å². The van der Waals surface area contributed by atoms with Crippen molar-refractivity contribution < 1.29 is 42.7 Å². The van der Waals surface area contributed by atoms with Crippen LogP contribution in [0.5, 0.6) is 23.0 Å². The number of nitrogens with zero attached hydrogens (tertiary/aromatic N) is 6. The Labute approximate surface area is 361 Å². The maximum absolute atomic E-state index is 12.9. The number of fused-ring (bicyclic) bond motifs is 2. The molecule has 0 amide bonds. The van der Waals surface area contributed by atoms with Crippen molar-refractivity contribution in [1.29, 1.82) is 0 Å². The Morgan fingerprint density at radius 3 is 1.57 bits per heavy atom. The number of benzene rings is 4. The van der Waals surface area contributed by atoms with Gasteiger partial charge in [0, 0.05) is 40.9 Å². The number of nitrogen functional groups attached to an aromatic ring is 1. The zero-order valence-corrected chi connectivity index (χ0v) is 34.9. The fraction of sp³-hybridized carbons (Fsp3) is 0.191. The van der Waals surface area contributed by atoms with Gasteiger partial charge in [-0.3, -0.25) is 14.2 Å². The van der Waals surface area contributed by atoms with Gasteiger partial charge in [-0.1, -0.05) is 71.0 Å². The molecule has 0 fully saturated rings. The summed E-state index contributed by atoms with van der Waals surface area (Å²) in [7, 11) is 0. The smallest absolute Gasteiger partial charge is 0.358 e. The number of Topliss-reactive ketones (excluding diaryl/α,β-unsaturated/α-hetero) is 1. The van der Waals surface area contributed by atoms with Gasteiger partial charge in [-0.25, -0.2) is 4.79 Å². The minimum atomic E-state index is -1.12. The first-order chi connectivity index (χ1) is 30.5. The molecule has 8 aromatic rings. The normalized spacial score (nSPS) is 12.0. The molecule has 0 radical (unpaired) electrons. The quantitative estimate of drug-likeness (QED) is 0.124. The molecule has 6 heterocycles. The van der Waals surface area contributed by atoms with Gasteiger partial charge in [0.15, 0.2) is 51.7 Å². The molecule has 0 saturated heterocycles. The SMILES string of the molecule is Cc1nn(Cc2ccccc2)c(C)c1CC(=O)c1cc(-c2ccc3c(c2)OCO3)on1.Cc1nn(Cc2ccccc2)c(C)c1N.O=C(O)c1cc(-c2ccc3c(c2)OCO3)on1. The summed E-state index contributed by atoms with van der Waals surface area (Å²) in [5.74, 6) is 2.26. The van der Waals surface area contributed by atoms with Crippen molar-refractivity contribution in [2.24, 2.45) is 0 Å². The van der Waals surface area contributed by atoms with E-state index in [4.69, 9.17) is 38.8 Å². The lowest BCUT2D eigenvalue weighted by Gasteiger charge is -2.05. The van der Waals surface area contributed by atoms with Crippen molar-refractivity contribution in [3.63, 3.8) is 0 Å². The van der Waals surface area contributed by atoms with Crippen LogP contribution in [0.1, 0.15) is 60.4 Å². The molecule has 0 bridgehead atoms. The summed E-state index contributed by atoms with van der Waals surface area (Å²) >= 11 is 0. The molecule has 2 aliphatic heterocycles. The van der Waals surface area contributed by atoms with Crippen molar-refractivity contribution in [3.8, 4) is 45.6 Å². The van der Waals surface area contributed by atoms with Crippen LogP contribution in [0.3, 0.4) is 0 Å². The molecule has 0 spiro atoms. The van der Waals surface area contributed by atoms with E-state index < -0.39 is 5.97 Å². The average molecular weight is 850 g/mol. The molecular weight excluding hydrogens is 807 g/mol. The van der Waals surface area contributed by atoms with Crippen LogP contribution in [-0.4, -0.2) is 60.3 Å². The first-order valence-corrected chi connectivity index (χ1v) is 19.9. The van der Waals surface area contributed by atoms with Crippen LogP contribution in [0.25, 0.3) is 22.6 Å². The number of ketones is 1. The van der Waals surface area contributed by atoms with Gasteiger partial charge in [-0.15, -0.1) is 0 Å². The van der Waals surface area contributed by atoms with Crippen LogP contribution < -0.4 is 24.7 Å². The second kappa shape index (κ2) is 18.2. The Bertz CT molecular complexity index is 2900. The lowest BCUT2D eigenvalue weighted by Crippen LogP contribution is -2.07. The summed E-state index contributed by atoms with van der Waals surface area (Å²) in [5, 5.41) is 25.2. The van der Waals surface area contributed by atoms with Gasteiger partial charge < -0.3 is 38.8 Å². The van der Waals surface area contributed by atoms with Gasteiger partial charge in [0.25, 0.3) is 0 Å². The number of carboxylic acids is 1. The molecule has 63 heavy (non-hydrogen) atoms. The van der Waals surface area contributed by atoms with Crippen molar-refractivity contribution in [2.75, 3.05) is 19.3 Å². The molecule has 0 saturated carbocycles. The molecule has 10 rings (SSSR count). The van der Waals surface area contributed by atoms with Gasteiger partial charge >= 0.3 is 5.97 Å². The highest BCUT2D eigenvalue weighted by atomic mass is 16.7. The Kier molecular flexibility index (Phi) is 12.0. The lowest BCUT2D eigenvalue weighted by atomic mass is 10.0. The number of rotatable bonds is 10. The highest BCUT2D eigenvalue weighted by molar-refractivity contribution is 5.96. The van der Waals surface area contributed by atoms with Gasteiger partial charge in [-0.2, -0.15) is 10.2 Å². The van der Waals surface area contributed by atoms with Crippen molar-refractivity contribution in [2.45, 2.75) is 47.2 Å². The molecule has 4 aromatic carbocycles. The maximum atomic E-state index is 12.9. The first kappa shape index (κ1) is 41.6. The Hall–Kier alpha value is -8.14. The van der Waals surface area contributed by atoms with Gasteiger partial charge in [0.2, 0.25) is 13.6 Å². The number of nitrogens with two attached hydrogens (primary N) is 1. The van der Waals surface area contributed by atoms with Crippen molar-refractivity contribution in [1.82, 2.24) is 29.9 Å². The third-order valence-electron chi connectivity index (χ3n) is 10.5. The summed E-state index contributed by atoms with van der Waals surface area (Å²) < 4.78 is 35.4. The van der Waals surface area contributed by atoms with E-state index in [1.165, 1.54) is 11.6 Å². The number of aromatic carboxylic acids is 1. The number of hydrogen-bond acceptors (Lipinski definition) is 13. The van der Waals surface area contributed by atoms with Gasteiger partial charge in [0.1, 0.15) is 0 Å². The highest BCUT2D eigenvalue weighted by Crippen LogP contribution is 2.37. The van der Waals surface area contributed by atoms with E-state index >= 15 is 0 Å². The van der Waals surface area contributed by atoms with Gasteiger partial charge in [-0.05, 0) is 75.2 Å². The number of anilines is 1. The Morgan fingerprint density at radius 2 is 1.08 bits per heavy atom. The number of carbonyl (C=O) groups is 2. The molecule has 16 heteroatoms. The van der Waals surface area contributed by atoms with E-state index in [0.29, 0.717) is 52.3 Å². The van der Waals surface area contributed by atoms with E-state index in [0.717, 1.165) is 51.7 Å². The second-order valence-corrected chi connectivity index (χ2v) is 14.7. The predicted molar refractivity (Wildman–Crippen MR) is 230 cm³/mol. The van der Waals surface area contributed by atoms with E-state index in [1.807, 2.05) is 91.7 Å². The summed E-state index contributed by atoms with van der Waals surface area (Å²) in [4.78, 5) is 23.6. The molecular formula is C47H43N7O9. The highest BCUT2D eigenvalue weighted by Gasteiger charge is 2.22. The summed E-state index contributed by atoms with van der Waals surface area (Å²) in [6.45, 7) is 9.70. The number of aromatic nitrogens is 6. The van der Waals surface area contributed by atoms with Crippen LogP contribution in [0.2, 0.25) is 0 Å². The predicted octanol–water partition coefficient (Wildman–Crippen LogP) is 8.26. The number of aryl methyl sites for hydroxylation is 2. The van der Waals surface area contributed by atoms with Crippen molar-refractivity contribution >= 4 is 17.4 Å². The van der Waals surface area contributed by atoms with E-state index in [-0.39, 0.29) is 31.5 Å². The number of carbonyl (C=O) groups excluding carboxylic acids is 1. The largest absolute Gasteiger partial charge is 0.476 e. The standard InChI is InChI=1S/C24H21N3O4.C12H15N3.C11H7NO5/c1-15-19(16(2)27(25-15)13-17-6-4-3-5-7-17)11-21(28)20-12-23(31-26-20)18-8-9-22-24(10-18)30-14-29-22;1-9-12(13)10(2)15(14-9)8-11-6-4-3-5-7-11;13-11(14)7-4-9(17-12-7)6-1-2-8-10(3-6)16-5-15-8/h3-10,12H,11,13-14H2,1-2H3;3-7H,8,13H2,1-2H3;1-4H,5H2,(H,13,14). The van der Waals surface area contributed by atoms with Crippen LogP contribution in [0.15, 0.2) is 118 Å². The number of hydrogen-bond donors (Lipinski definition) is 2. The Balaban J connectivity index is 0.000000143. The molecule has 0 unspecified atom stereocenters. The fourth-order valence-electron chi connectivity index (χ4n) is 6.93. The van der Waals surface area contributed by atoms with E-state index in [2.05, 4.69) is 44.8 Å². The topological polar surface area (TPSA) is 205 Å². The molecule has 320 valence electrons. The monoisotopic (exact) mass is 849 g/mol. The van der Waals surface area contributed by atoms with Crippen molar-refractivity contribution in [3.05, 3.63) is 160 Å². The van der Waals surface area contributed by atoms with Gasteiger partial charge in [0.05, 0.1) is 35.9 Å². The summed E-state index contributed by atoms with van der Waals surface area (Å²) in [5.41, 5.74) is 15.4. The first-order valence-electron chi connectivity index (χ1n) is 19.9. The minimum Gasteiger partial charge on any atom is -0.476 e. The fourth-order valence-corrected chi connectivity index (χ4v) is 6.93. The Morgan fingerprint density at radius 1 is 0.603 bits per heavy atom. The van der Waals surface area contributed by atoms with Crippen LogP contribution in [0, 0.1) is 27.7 Å². The zero-order valence-electron chi connectivity index (χ0n) is 34.9. The number of ether oxygens (including phenoxy) is 4. The molecule has 16 nitrogen and oxygen atoms in total. The van der Waals surface area contributed by atoms with Crippen LogP contribution in [0.4, 0.5) is 5.69 Å². The van der Waals surface area contributed by atoms with E-state index in [1.54, 1.807) is 24.3 Å². The molecule has 2 aliphatic rings. The third kappa shape index (κ3) is 9.44. The number of carboxylic acid groups (broad SMARTS) is 1. The average Bonchev–Trinajstić information content (AvgIpc) is 4.17. The lowest BCUT2D eigenvalue weighted by molar-refractivity contribution is 0.0685. The molecule has 3 N–H and O–H groups in total. The molecule has 4 aromatic heterocycles. The summed E-state index contributed by atoms with van der Waals surface area (Å²) in [6, 6.07) is 34.1. The molecule has 0 aliphatic carbocycles. The van der Waals surface area contributed by atoms with E-state index in [9.17, 15) is 9.59 Å². The zero-order chi connectivity index (χ0) is 44.0.